The fourth-order valence-corrected chi connectivity index (χ4v) is 4.83. The van der Waals surface area contributed by atoms with Crippen molar-refractivity contribution in [1.29, 1.82) is 0 Å². The number of alkyl halides is 3. The van der Waals surface area contributed by atoms with Gasteiger partial charge in [-0.1, -0.05) is 66.7 Å². The van der Waals surface area contributed by atoms with Gasteiger partial charge in [0.1, 0.15) is 16.3 Å². The zero-order chi connectivity index (χ0) is 23.9. The van der Waals surface area contributed by atoms with Crippen LogP contribution in [0.5, 0.6) is 11.5 Å². The van der Waals surface area contributed by atoms with Crippen LogP contribution < -0.4 is 10.3 Å². The molecular formula is C26H16F3NO3S. The Morgan fingerprint density at radius 3 is 2.00 bits per heavy atom. The minimum absolute atomic E-state index is 0.0782. The smallest absolute Gasteiger partial charge is 0.506 e. The molecule has 0 amide bonds. The van der Waals surface area contributed by atoms with Gasteiger partial charge in [0.05, 0.1) is 10.9 Å². The van der Waals surface area contributed by atoms with Crippen molar-refractivity contribution in [3.63, 3.8) is 0 Å². The van der Waals surface area contributed by atoms with Crippen molar-refractivity contribution >= 4 is 21.6 Å². The Kier molecular flexibility index (Phi) is 5.37. The van der Waals surface area contributed by atoms with Crippen LogP contribution in [0, 0.1) is 0 Å². The standard InChI is InChI=1S/C26H16F3NO3S/c27-26(28,29)33-19-12-10-16(11-13-19)15-6-8-17(9-7-15)20-14-34-25-22(20)23(31)21(24(32)30-25)18-4-2-1-3-5-18/h1-14H,(H2,30,31,32). The minimum atomic E-state index is -4.73. The lowest BCUT2D eigenvalue weighted by Crippen LogP contribution is -2.16. The third-order valence-electron chi connectivity index (χ3n) is 5.40. The van der Waals surface area contributed by atoms with Crippen LogP contribution in [-0.2, 0) is 0 Å². The van der Waals surface area contributed by atoms with E-state index in [1.807, 2.05) is 35.7 Å². The van der Waals surface area contributed by atoms with Crippen molar-refractivity contribution in [3.05, 3.63) is 94.6 Å². The molecule has 0 unspecified atom stereocenters. The predicted molar refractivity (Wildman–Crippen MR) is 127 cm³/mol. The molecule has 5 aromatic rings. The van der Waals surface area contributed by atoms with Crippen LogP contribution in [0.25, 0.3) is 43.6 Å². The first-order valence-electron chi connectivity index (χ1n) is 10.2. The largest absolute Gasteiger partial charge is 0.573 e. The van der Waals surface area contributed by atoms with Crippen molar-refractivity contribution in [3.8, 4) is 44.9 Å². The Labute approximate surface area is 195 Å². The van der Waals surface area contributed by atoms with Crippen LogP contribution in [0.1, 0.15) is 0 Å². The molecule has 0 spiro atoms. The first-order valence-corrected chi connectivity index (χ1v) is 11.1. The molecule has 4 nitrogen and oxygen atoms in total. The van der Waals surface area contributed by atoms with E-state index in [1.54, 1.807) is 36.4 Å². The fourth-order valence-electron chi connectivity index (χ4n) is 3.86. The molecule has 3 aromatic carbocycles. The summed E-state index contributed by atoms with van der Waals surface area (Å²) in [5.41, 5.74) is 3.61. The summed E-state index contributed by atoms with van der Waals surface area (Å²) in [6.45, 7) is 0. The quantitative estimate of drug-likeness (QED) is 0.287. The number of aromatic nitrogens is 1. The van der Waals surface area contributed by atoms with Gasteiger partial charge in [0.2, 0.25) is 0 Å². The molecule has 0 aliphatic heterocycles. The number of rotatable bonds is 4. The SMILES string of the molecule is O=c1[nH]c2scc(-c3ccc(-c4ccc(OC(F)(F)F)cc4)cc3)c2c(O)c1-c1ccccc1. The number of hydrogen-bond acceptors (Lipinski definition) is 4. The highest BCUT2D eigenvalue weighted by Gasteiger charge is 2.31. The lowest BCUT2D eigenvalue weighted by Gasteiger charge is -2.10. The summed E-state index contributed by atoms with van der Waals surface area (Å²) in [6.07, 6.45) is -4.73. The number of pyridine rings is 1. The molecule has 34 heavy (non-hydrogen) atoms. The maximum Gasteiger partial charge on any atom is 0.573 e. The van der Waals surface area contributed by atoms with Gasteiger partial charge in [0, 0.05) is 10.9 Å². The number of nitrogens with one attached hydrogen (secondary N) is 1. The number of fused-ring (bicyclic) bond motifs is 1. The van der Waals surface area contributed by atoms with E-state index in [9.17, 15) is 23.1 Å². The monoisotopic (exact) mass is 479 g/mol. The number of aromatic amines is 1. The first-order chi connectivity index (χ1) is 16.3. The number of ether oxygens (including phenoxy) is 1. The lowest BCUT2D eigenvalue weighted by atomic mass is 9.98. The highest BCUT2D eigenvalue weighted by molar-refractivity contribution is 7.17. The van der Waals surface area contributed by atoms with E-state index in [4.69, 9.17) is 0 Å². The first kappa shape index (κ1) is 21.8. The van der Waals surface area contributed by atoms with Crippen LogP contribution in [0.3, 0.4) is 0 Å². The number of hydrogen-bond donors (Lipinski definition) is 2. The Bertz CT molecular complexity index is 1520. The maximum absolute atomic E-state index is 12.6. The summed E-state index contributed by atoms with van der Waals surface area (Å²) < 4.78 is 41.0. The summed E-state index contributed by atoms with van der Waals surface area (Å²) >= 11 is 1.33. The Balaban J connectivity index is 1.51. The highest BCUT2D eigenvalue weighted by Crippen LogP contribution is 2.41. The summed E-state index contributed by atoms with van der Waals surface area (Å²) in [4.78, 5) is 16.1. The minimum Gasteiger partial charge on any atom is -0.506 e. The zero-order valence-electron chi connectivity index (χ0n) is 17.4. The third-order valence-corrected chi connectivity index (χ3v) is 6.29. The lowest BCUT2D eigenvalue weighted by molar-refractivity contribution is -0.274. The topological polar surface area (TPSA) is 62.3 Å². The number of aromatic hydroxyl groups is 1. The van der Waals surface area contributed by atoms with Gasteiger partial charge in [-0.3, -0.25) is 4.79 Å². The van der Waals surface area contributed by atoms with Gasteiger partial charge in [-0.15, -0.1) is 24.5 Å². The van der Waals surface area contributed by atoms with Gasteiger partial charge in [-0.05, 0) is 34.4 Å². The summed E-state index contributed by atoms with van der Waals surface area (Å²) in [7, 11) is 0. The average molecular weight is 479 g/mol. The van der Waals surface area contributed by atoms with E-state index in [2.05, 4.69) is 9.72 Å². The maximum atomic E-state index is 12.6. The van der Waals surface area contributed by atoms with Gasteiger partial charge in [-0.2, -0.15) is 0 Å². The van der Waals surface area contributed by atoms with Crippen LogP contribution in [-0.4, -0.2) is 16.5 Å². The Morgan fingerprint density at radius 1 is 0.794 bits per heavy atom. The summed E-state index contributed by atoms with van der Waals surface area (Å²) in [5.74, 6) is -0.359. The van der Waals surface area contributed by atoms with Crippen molar-refractivity contribution in [2.75, 3.05) is 0 Å². The molecule has 0 radical (unpaired) electrons. The number of halogens is 3. The molecule has 5 rings (SSSR count). The van der Waals surface area contributed by atoms with E-state index < -0.39 is 6.36 Å². The molecule has 0 fully saturated rings. The van der Waals surface area contributed by atoms with Crippen molar-refractivity contribution in [1.82, 2.24) is 4.98 Å². The number of H-pyrrole nitrogens is 1. The van der Waals surface area contributed by atoms with Gasteiger partial charge in [-0.25, -0.2) is 0 Å². The Morgan fingerprint density at radius 2 is 1.38 bits per heavy atom. The van der Waals surface area contributed by atoms with Gasteiger partial charge >= 0.3 is 6.36 Å². The molecule has 0 aliphatic rings. The summed E-state index contributed by atoms with van der Waals surface area (Å²) in [6, 6.07) is 22.0. The second kappa shape index (κ2) is 8.39. The fraction of sp³-hybridized carbons (Fsp3) is 0.0385. The highest BCUT2D eigenvalue weighted by atomic mass is 32.1. The van der Waals surface area contributed by atoms with Gasteiger partial charge in [0.15, 0.2) is 0 Å². The molecule has 0 saturated heterocycles. The predicted octanol–water partition coefficient (Wildman–Crippen LogP) is 7.19. The molecule has 2 N–H and O–H groups in total. The average Bonchev–Trinajstić information content (AvgIpc) is 3.23. The van der Waals surface area contributed by atoms with Crippen molar-refractivity contribution in [2.24, 2.45) is 0 Å². The molecule has 170 valence electrons. The number of benzene rings is 3. The van der Waals surface area contributed by atoms with Crippen LogP contribution >= 0.6 is 11.3 Å². The van der Waals surface area contributed by atoms with Crippen molar-refractivity contribution in [2.45, 2.75) is 6.36 Å². The number of thiophene rings is 1. The van der Waals surface area contributed by atoms with E-state index >= 15 is 0 Å². The van der Waals surface area contributed by atoms with Crippen LogP contribution in [0.15, 0.2) is 89.0 Å². The summed E-state index contributed by atoms with van der Waals surface area (Å²) in [5, 5.41) is 13.5. The normalized spacial score (nSPS) is 11.6. The molecule has 2 aromatic heterocycles. The third kappa shape index (κ3) is 4.15. The zero-order valence-corrected chi connectivity index (χ0v) is 18.2. The molecule has 0 aliphatic carbocycles. The molecule has 2 heterocycles. The second-order valence-corrected chi connectivity index (χ2v) is 8.43. The Hall–Kier alpha value is -4.04. The van der Waals surface area contributed by atoms with Gasteiger partial charge < -0.3 is 14.8 Å². The van der Waals surface area contributed by atoms with E-state index in [0.717, 1.165) is 22.3 Å². The van der Waals surface area contributed by atoms with E-state index in [0.29, 0.717) is 15.8 Å². The molecule has 8 heteroatoms. The molecular weight excluding hydrogens is 463 g/mol. The van der Waals surface area contributed by atoms with Crippen molar-refractivity contribution < 1.29 is 23.0 Å². The second-order valence-electron chi connectivity index (χ2n) is 7.55. The van der Waals surface area contributed by atoms with Crippen LogP contribution in [0.2, 0.25) is 0 Å². The molecule has 0 atom stereocenters. The van der Waals surface area contributed by atoms with Gasteiger partial charge in [0.25, 0.3) is 5.56 Å². The van der Waals surface area contributed by atoms with E-state index in [1.165, 1.54) is 23.5 Å². The molecule has 0 bridgehead atoms. The van der Waals surface area contributed by atoms with Crippen LogP contribution in [0.4, 0.5) is 13.2 Å². The molecule has 0 saturated carbocycles. The van der Waals surface area contributed by atoms with E-state index in [-0.39, 0.29) is 22.6 Å².